The maximum Gasteiger partial charge on any atom is 0.0437 e. The van der Waals surface area contributed by atoms with E-state index in [9.17, 15) is 0 Å². The summed E-state index contributed by atoms with van der Waals surface area (Å²) in [6.45, 7) is 0.302. The van der Waals surface area contributed by atoms with E-state index in [0.29, 0.717) is 12.5 Å². The zero-order valence-electron chi connectivity index (χ0n) is 9.28. The lowest BCUT2D eigenvalue weighted by molar-refractivity contribution is 0.263. The normalized spacial score (nSPS) is 19.5. The quantitative estimate of drug-likeness (QED) is 0.765. The van der Waals surface area contributed by atoms with E-state index < -0.39 is 0 Å². The molecule has 2 heteroatoms. The van der Waals surface area contributed by atoms with Gasteiger partial charge >= 0.3 is 0 Å². The third-order valence-electron chi connectivity index (χ3n) is 3.63. The maximum atomic E-state index is 9.10. The average Bonchev–Trinajstić information content (AvgIpc) is 2.89. The van der Waals surface area contributed by atoms with Gasteiger partial charge in [-0.25, -0.2) is 0 Å². The SMILES string of the molecule is OCCC(CC1CCCC1)c1ccc[nH]1. The zero-order valence-corrected chi connectivity index (χ0v) is 9.28. The second-order valence-corrected chi connectivity index (χ2v) is 4.72. The highest BCUT2D eigenvalue weighted by Crippen LogP contribution is 2.34. The van der Waals surface area contributed by atoms with Crippen LogP contribution in [0.5, 0.6) is 0 Å². The Bertz CT molecular complexity index is 262. The van der Waals surface area contributed by atoms with Crippen molar-refractivity contribution in [3.63, 3.8) is 0 Å². The summed E-state index contributed by atoms with van der Waals surface area (Å²) in [5.74, 6) is 1.43. The van der Waals surface area contributed by atoms with Gasteiger partial charge in [-0.15, -0.1) is 0 Å². The maximum absolute atomic E-state index is 9.10. The molecule has 1 aliphatic carbocycles. The predicted molar refractivity (Wildman–Crippen MR) is 61.8 cm³/mol. The predicted octanol–water partition coefficient (Wildman–Crippen LogP) is 3.06. The first-order chi connectivity index (χ1) is 7.40. The standard InChI is InChI=1S/C13H21NO/c15-9-7-12(13-6-3-8-14-13)10-11-4-1-2-5-11/h3,6,8,11-12,14-15H,1-2,4-5,7,9-10H2. The lowest BCUT2D eigenvalue weighted by atomic mass is 9.89. The van der Waals surface area contributed by atoms with Gasteiger partial charge in [0, 0.05) is 24.4 Å². The van der Waals surface area contributed by atoms with Crippen molar-refractivity contribution in [3.05, 3.63) is 24.0 Å². The van der Waals surface area contributed by atoms with Gasteiger partial charge in [0.25, 0.3) is 0 Å². The molecule has 1 aromatic rings. The van der Waals surface area contributed by atoms with E-state index >= 15 is 0 Å². The number of aromatic amines is 1. The highest BCUT2D eigenvalue weighted by Gasteiger charge is 2.21. The first-order valence-corrected chi connectivity index (χ1v) is 6.14. The molecule has 0 saturated heterocycles. The van der Waals surface area contributed by atoms with Gasteiger partial charge in [0.2, 0.25) is 0 Å². The molecule has 2 N–H and O–H groups in total. The van der Waals surface area contributed by atoms with Crippen molar-refractivity contribution in [1.82, 2.24) is 4.98 Å². The van der Waals surface area contributed by atoms with Crippen molar-refractivity contribution in [3.8, 4) is 0 Å². The van der Waals surface area contributed by atoms with Gasteiger partial charge < -0.3 is 10.1 Å². The van der Waals surface area contributed by atoms with E-state index in [0.717, 1.165) is 12.3 Å². The number of nitrogens with one attached hydrogen (secondary N) is 1. The summed E-state index contributed by atoms with van der Waals surface area (Å²) in [5.41, 5.74) is 1.30. The van der Waals surface area contributed by atoms with Crippen molar-refractivity contribution in [2.24, 2.45) is 5.92 Å². The van der Waals surface area contributed by atoms with Crippen molar-refractivity contribution in [2.75, 3.05) is 6.61 Å². The van der Waals surface area contributed by atoms with Gasteiger partial charge in [-0.1, -0.05) is 25.7 Å². The molecule has 1 aromatic heterocycles. The second kappa shape index (κ2) is 5.36. The molecule has 1 fully saturated rings. The molecule has 0 amide bonds. The molecule has 84 valence electrons. The minimum absolute atomic E-state index is 0.302. The summed E-state index contributed by atoms with van der Waals surface area (Å²) >= 11 is 0. The number of H-pyrrole nitrogens is 1. The van der Waals surface area contributed by atoms with E-state index in [1.807, 2.05) is 12.3 Å². The third kappa shape index (κ3) is 2.85. The second-order valence-electron chi connectivity index (χ2n) is 4.72. The number of aromatic nitrogens is 1. The topological polar surface area (TPSA) is 36.0 Å². The van der Waals surface area contributed by atoms with E-state index in [4.69, 9.17) is 5.11 Å². The van der Waals surface area contributed by atoms with Gasteiger partial charge in [-0.3, -0.25) is 0 Å². The van der Waals surface area contributed by atoms with E-state index in [2.05, 4.69) is 11.1 Å². The monoisotopic (exact) mass is 207 g/mol. The first kappa shape index (κ1) is 10.7. The number of aliphatic hydroxyl groups is 1. The molecule has 0 aromatic carbocycles. The van der Waals surface area contributed by atoms with Crippen LogP contribution < -0.4 is 0 Å². The van der Waals surface area contributed by atoms with Crippen molar-refractivity contribution in [2.45, 2.75) is 44.4 Å². The summed E-state index contributed by atoms with van der Waals surface area (Å²) in [6.07, 6.45) is 9.72. The molecule has 1 heterocycles. The summed E-state index contributed by atoms with van der Waals surface area (Å²) < 4.78 is 0. The minimum Gasteiger partial charge on any atom is -0.396 e. The average molecular weight is 207 g/mol. The van der Waals surface area contributed by atoms with Crippen molar-refractivity contribution in [1.29, 1.82) is 0 Å². The molecule has 2 nitrogen and oxygen atoms in total. The van der Waals surface area contributed by atoms with E-state index in [1.165, 1.54) is 37.8 Å². The number of hydrogen-bond acceptors (Lipinski definition) is 1. The number of hydrogen-bond donors (Lipinski definition) is 2. The van der Waals surface area contributed by atoms with Crippen LogP contribution in [0.25, 0.3) is 0 Å². The van der Waals surface area contributed by atoms with Crippen molar-refractivity contribution < 1.29 is 5.11 Å². The zero-order chi connectivity index (χ0) is 10.5. The smallest absolute Gasteiger partial charge is 0.0437 e. The van der Waals surface area contributed by atoms with E-state index in [1.54, 1.807) is 0 Å². The Morgan fingerprint density at radius 2 is 2.20 bits per heavy atom. The highest BCUT2D eigenvalue weighted by molar-refractivity contribution is 5.10. The molecule has 0 radical (unpaired) electrons. The molecule has 1 aliphatic rings. The minimum atomic E-state index is 0.302. The molecule has 15 heavy (non-hydrogen) atoms. The molecule has 1 atom stereocenters. The largest absolute Gasteiger partial charge is 0.396 e. The van der Waals surface area contributed by atoms with Crippen LogP contribution in [0.15, 0.2) is 18.3 Å². The molecule has 1 saturated carbocycles. The van der Waals surface area contributed by atoms with Crippen LogP contribution >= 0.6 is 0 Å². The molecule has 0 spiro atoms. The summed E-state index contributed by atoms with van der Waals surface area (Å²) in [5, 5.41) is 9.10. The Morgan fingerprint density at radius 3 is 2.80 bits per heavy atom. The fourth-order valence-electron chi connectivity index (χ4n) is 2.80. The summed E-state index contributed by atoms with van der Waals surface area (Å²) in [6, 6.07) is 4.20. The Hall–Kier alpha value is -0.760. The third-order valence-corrected chi connectivity index (χ3v) is 3.63. The molecular formula is C13H21NO. The highest BCUT2D eigenvalue weighted by atomic mass is 16.3. The van der Waals surface area contributed by atoms with Gasteiger partial charge in [0.1, 0.15) is 0 Å². The molecular weight excluding hydrogens is 186 g/mol. The van der Waals surface area contributed by atoms with Gasteiger partial charge in [-0.05, 0) is 30.9 Å². The molecule has 0 bridgehead atoms. The Morgan fingerprint density at radius 1 is 1.40 bits per heavy atom. The number of aliphatic hydroxyl groups excluding tert-OH is 1. The molecule has 0 aliphatic heterocycles. The Labute approximate surface area is 91.7 Å². The number of rotatable bonds is 5. The van der Waals surface area contributed by atoms with Crippen LogP contribution in [-0.4, -0.2) is 16.7 Å². The van der Waals surface area contributed by atoms with Crippen LogP contribution in [-0.2, 0) is 0 Å². The fraction of sp³-hybridized carbons (Fsp3) is 0.692. The van der Waals surface area contributed by atoms with Gasteiger partial charge in [0.05, 0.1) is 0 Å². The van der Waals surface area contributed by atoms with Gasteiger partial charge in [-0.2, -0.15) is 0 Å². The lowest BCUT2D eigenvalue weighted by Gasteiger charge is -2.18. The van der Waals surface area contributed by atoms with Crippen LogP contribution in [0.3, 0.4) is 0 Å². The Balaban J connectivity index is 1.93. The van der Waals surface area contributed by atoms with Crippen LogP contribution in [0.4, 0.5) is 0 Å². The van der Waals surface area contributed by atoms with Crippen molar-refractivity contribution >= 4 is 0 Å². The molecule has 2 rings (SSSR count). The van der Waals surface area contributed by atoms with E-state index in [-0.39, 0.29) is 0 Å². The first-order valence-electron chi connectivity index (χ1n) is 6.14. The van der Waals surface area contributed by atoms with Crippen LogP contribution in [0.2, 0.25) is 0 Å². The van der Waals surface area contributed by atoms with Crippen LogP contribution in [0, 0.1) is 5.92 Å². The summed E-state index contributed by atoms with van der Waals surface area (Å²) in [7, 11) is 0. The summed E-state index contributed by atoms with van der Waals surface area (Å²) in [4.78, 5) is 3.28. The lowest BCUT2D eigenvalue weighted by Crippen LogP contribution is -2.07. The Kier molecular flexibility index (Phi) is 3.84. The van der Waals surface area contributed by atoms with Crippen LogP contribution in [0.1, 0.15) is 50.1 Å². The van der Waals surface area contributed by atoms with Gasteiger partial charge in [0.15, 0.2) is 0 Å². The molecule has 1 unspecified atom stereocenters. The fourth-order valence-corrected chi connectivity index (χ4v) is 2.80.